The minimum absolute atomic E-state index is 1.17. The molecule has 4 rings (SSSR count). The summed E-state index contributed by atoms with van der Waals surface area (Å²) in [5, 5.41) is 1.50. The monoisotopic (exact) mass is 300 g/mol. The highest BCUT2D eigenvalue weighted by Crippen LogP contribution is 2.33. The number of fused-ring (bicyclic) bond motifs is 3. The molecule has 0 unspecified atom stereocenters. The molecular weight excluding hydrogens is 276 g/mol. The fraction of sp³-hybridized carbons (Fsp3) is 0.556. The van der Waals surface area contributed by atoms with Crippen molar-refractivity contribution in [3.63, 3.8) is 0 Å². The molecule has 1 saturated heterocycles. The molecule has 1 aromatic carbocycles. The number of hydrogen-bond acceptors (Lipinski definition) is 2. The van der Waals surface area contributed by atoms with Gasteiger partial charge in [-0.3, -0.25) is 0 Å². The fourth-order valence-electron chi connectivity index (χ4n) is 3.90. The summed E-state index contributed by atoms with van der Waals surface area (Å²) in [6.07, 6.45) is 5.45. The van der Waals surface area contributed by atoms with E-state index in [0.717, 1.165) is 0 Å². The van der Waals surface area contributed by atoms with Crippen LogP contribution in [0.5, 0.6) is 0 Å². The molecule has 3 heteroatoms. The summed E-state index contributed by atoms with van der Waals surface area (Å²) in [5.41, 5.74) is 4.69. The second kappa shape index (κ2) is 6.05. The minimum atomic E-state index is 1.17. The lowest BCUT2D eigenvalue weighted by atomic mass is 10.1. The summed E-state index contributed by atoms with van der Waals surface area (Å²) in [6.45, 7) is 4.99. The highest BCUT2D eigenvalue weighted by atomic mass is 32.2. The van der Waals surface area contributed by atoms with Gasteiger partial charge >= 0.3 is 0 Å². The Morgan fingerprint density at radius 3 is 2.76 bits per heavy atom. The van der Waals surface area contributed by atoms with Gasteiger partial charge in [0.05, 0.1) is 0 Å². The molecule has 0 aliphatic carbocycles. The molecule has 1 aromatic heterocycles. The summed E-state index contributed by atoms with van der Waals surface area (Å²) >= 11 is 2.09. The van der Waals surface area contributed by atoms with Crippen LogP contribution in [0, 0.1) is 0 Å². The van der Waals surface area contributed by atoms with Crippen molar-refractivity contribution < 1.29 is 0 Å². The summed E-state index contributed by atoms with van der Waals surface area (Å²) in [5.74, 6) is 2.49. The van der Waals surface area contributed by atoms with Crippen LogP contribution in [-0.2, 0) is 18.7 Å². The average Bonchev–Trinajstić information content (AvgIpc) is 2.88. The number of likely N-dealkylation sites (tertiary alicyclic amines) is 1. The predicted molar refractivity (Wildman–Crippen MR) is 92.1 cm³/mol. The Labute approximate surface area is 131 Å². The number of aromatic nitrogens is 1. The predicted octanol–water partition coefficient (Wildman–Crippen LogP) is 3.92. The van der Waals surface area contributed by atoms with Crippen molar-refractivity contribution in [1.29, 1.82) is 0 Å². The van der Waals surface area contributed by atoms with E-state index in [-0.39, 0.29) is 0 Å². The molecule has 0 bridgehead atoms. The zero-order chi connectivity index (χ0) is 14.1. The third kappa shape index (κ3) is 2.62. The van der Waals surface area contributed by atoms with Gasteiger partial charge in [0.2, 0.25) is 0 Å². The van der Waals surface area contributed by atoms with E-state index >= 15 is 0 Å². The number of rotatable bonds is 3. The van der Waals surface area contributed by atoms with E-state index in [1.807, 2.05) is 0 Å². The molecule has 0 amide bonds. The van der Waals surface area contributed by atoms with Gasteiger partial charge in [-0.2, -0.15) is 11.8 Å². The van der Waals surface area contributed by atoms with Crippen molar-refractivity contribution in [2.45, 2.75) is 38.0 Å². The van der Waals surface area contributed by atoms with Crippen LogP contribution in [0.2, 0.25) is 0 Å². The maximum absolute atomic E-state index is 2.66. The highest BCUT2D eigenvalue weighted by molar-refractivity contribution is 7.98. The average molecular weight is 300 g/mol. The van der Waals surface area contributed by atoms with E-state index in [9.17, 15) is 0 Å². The van der Waals surface area contributed by atoms with Crippen LogP contribution in [0.3, 0.4) is 0 Å². The molecule has 3 heterocycles. The van der Waals surface area contributed by atoms with Gasteiger partial charge in [0, 0.05) is 35.4 Å². The normalized spacial score (nSPS) is 19.8. The van der Waals surface area contributed by atoms with Crippen LogP contribution in [0.4, 0.5) is 0 Å². The number of piperidine rings is 1. The summed E-state index contributed by atoms with van der Waals surface area (Å²) in [4.78, 5) is 2.66. The van der Waals surface area contributed by atoms with Crippen LogP contribution in [0.15, 0.2) is 24.3 Å². The third-order valence-corrected chi connectivity index (χ3v) is 6.00. The molecule has 0 radical (unpaired) electrons. The molecule has 2 aromatic rings. The molecule has 112 valence electrons. The lowest BCUT2D eigenvalue weighted by molar-refractivity contribution is 0.221. The Balaban J connectivity index is 1.64. The first kappa shape index (κ1) is 13.7. The molecule has 0 spiro atoms. The first-order valence-electron chi connectivity index (χ1n) is 8.32. The van der Waals surface area contributed by atoms with E-state index in [2.05, 4.69) is 45.5 Å². The van der Waals surface area contributed by atoms with Gasteiger partial charge in [-0.1, -0.05) is 24.6 Å². The van der Waals surface area contributed by atoms with Crippen LogP contribution in [0.1, 0.15) is 30.5 Å². The van der Waals surface area contributed by atoms with Crippen molar-refractivity contribution in [2.24, 2.45) is 0 Å². The molecule has 0 N–H and O–H groups in total. The van der Waals surface area contributed by atoms with E-state index in [1.54, 1.807) is 11.3 Å². The summed E-state index contributed by atoms with van der Waals surface area (Å²) in [7, 11) is 0. The Morgan fingerprint density at radius 1 is 1.00 bits per heavy atom. The summed E-state index contributed by atoms with van der Waals surface area (Å²) in [6, 6.07) is 9.02. The van der Waals surface area contributed by atoms with Crippen molar-refractivity contribution >= 4 is 22.7 Å². The first-order chi connectivity index (χ1) is 10.4. The van der Waals surface area contributed by atoms with Crippen molar-refractivity contribution in [3.8, 4) is 0 Å². The number of hydrogen-bond donors (Lipinski definition) is 0. The minimum Gasteiger partial charge on any atom is -0.343 e. The molecule has 21 heavy (non-hydrogen) atoms. The number of benzene rings is 1. The van der Waals surface area contributed by atoms with E-state index < -0.39 is 0 Å². The Morgan fingerprint density at radius 2 is 1.86 bits per heavy atom. The largest absolute Gasteiger partial charge is 0.343 e. The van der Waals surface area contributed by atoms with Crippen molar-refractivity contribution in [3.05, 3.63) is 35.5 Å². The Hall–Kier alpha value is -0.930. The second-order valence-corrected chi connectivity index (χ2v) is 7.40. The van der Waals surface area contributed by atoms with Crippen LogP contribution in [-0.4, -0.2) is 34.9 Å². The van der Waals surface area contributed by atoms with Gasteiger partial charge in [-0.25, -0.2) is 0 Å². The van der Waals surface area contributed by atoms with Gasteiger partial charge in [-0.15, -0.1) is 0 Å². The molecule has 0 saturated carbocycles. The smallest absolute Gasteiger partial charge is 0.0486 e. The fourth-order valence-corrected chi connectivity index (χ4v) is 4.91. The second-order valence-electron chi connectivity index (χ2n) is 6.30. The highest BCUT2D eigenvalue weighted by Gasteiger charge is 2.20. The maximum Gasteiger partial charge on any atom is 0.0486 e. The first-order valence-corrected chi connectivity index (χ1v) is 9.48. The quantitative estimate of drug-likeness (QED) is 0.849. The van der Waals surface area contributed by atoms with E-state index in [1.165, 1.54) is 74.3 Å². The zero-order valence-electron chi connectivity index (χ0n) is 12.7. The maximum atomic E-state index is 2.66. The number of para-hydroxylation sites is 1. The van der Waals surface area contributed by atoms with E-state index in [0.29, 0.717) is 0 Å². The van der Waals surface area contributed by atoms with Crippen LogP contribution < -0.4 is 0 Å². The topological polar surface area (TPSA) is 8.17 Å². The van der Waals surface area contributed by atoms with Gasteiger partial charge in [0.15, 0.2) is 0 Å². The van der Waals surface area contributed by atoms with Crippen LogP contribution >= 0.6 is 11.8 Å². The molecule has 1 fully saturated rings. The molecule has 2 nitrogen and oxygen atoms in total. The Bertz CT molecular complexity index is 625. The standard InChI is InChI=1S/C18H24N2S/c1-4-9-19(10-5-1)11-12-20-17-7-3-2-6-15(17)16-14-21-13-8-18(16)20/h2-3,6-7H,1,4-5,8-14H2. The molecule has 0 atom stereocenters. The van der Waals surface area contributed by atoms with Gasteiger partial charge in [0.25, 0.3) is 0 Å². The van der Waals surface area contributed by atoms with Gasteiger partial charge < -0.3 is 9.47 Å². The van der Waals surface area contributed by atoms with E-state index in [4.69, 9.17) is 0 Å². The molecular formula is C18H24N2S. The van der Waals surface area contributed by atoms with Gasteiger partial charge in [-0.05, 0) is 49.7 Å². The van der Waals surface area contributed by atoms with Crippen LogP contribution in [0.25, 0.3) is 10.9 Å². The van der Waals surface area contributed by atoms with Crippen molar-refractivity contribution in [1.82, 2.24) is 9.47 Å². The van der Waals surface area contributed by atoms with Gasteiger partial charge in [0.1, 0.15) is 0 Å². The zero-order valence-corrected chi connectivity index (χ0v) is 13.5. The number of thioether (sulfide) groups is 1. The lowest BCUT2D eigenvalue weighted by Gasteiger charge is -2.27. The molecule has 2 aliphatic rings. The lowest BCUT2D eigenvalue weighted by Crippen LogP contribution is -2.32. The van der Waals surface area contributed by atoms with Crippen molar-refractivity contribution in [2.75, 3.05) is 25.4 Å². The Kier molecular flexibility index (Phi) is 3.95. The third-order valence-electron chi connectivity index (χ3n) is 5.01. The SMILES string of the molecule is c1ccc2c(c1)c1c(n2CCN2CCCCC2)CCSC1. The molecule has 2 aliphatic heterocycles. The number of nitrogens with zero attached hydrogens (tertiary/aromatic N) is 2. The summed E-state index contributed by atoms with van der Waals surface area (Å²) < 4.78 is 2.62.